The van der Waals surface area contributed by atoms with Gasteiger partial charge in [0.05, 0.1) is 42.5 Å². The first-order chi connectivity index (χ1) is 36.7. The maximum atomic E-state index is 9.63. The molecule has 0 saturated heterocycles. The summed E-state index contributed by atoms with van der Waals surface area (Å²) in [5.41, 5.74) is -9.60. The van der Waals surface area contributed by atoms with Crippen LogP contribution in [0.25, 0.3) is 66.1 Å². The predicted octanol–water partition coefficient (Wildman–Crippen LogP) is 13.2. The van der Waals surface area contributed by atoms with Gasteiger partial charge in [0.2, 0.25) is 0 Å². The highest BCUT2D eigenvalue weighted by molar-refractivity contribution is 6.20. The van der Waals surface area contributed by atoms with Crippen molar-refractivity contribution in [2.24, 2.45) is 0 Å². The number of benzene rings is 8. The summed E-state index contributed by atoms with van der Waals surface area (Å²) in [7, 11) is 0. The Kier molecular flexibility index (Phi) is 2.59. The summed E-state index contributed by atoms with van der Waals surface area (Å²) < 4.78 is 281. The molecule has 226 valence electrons. The average molecular weight is 645 g/mol. The van der Waals surface area contributed by atoms with Crippen molar-refractivity contribution in [2.45, 2.75) is 0 Å². The van der Waals surface area contributed by atoms with Gasteiger partial charge in [0, 0.05) is 38.8 Å². The summed E-state index contributed by atoms with van der Waals surface area (Å²) in [5, 5.41) is -2.43. The van der Waals surface area contributed by atoms with Gasteiger partial charge in [0.1, 0.15) is 11.2 Å². The van der Waals surface area contributed by atoms with Gasteiger partial charge in [-0.2, -0.15) is 0 Å². The number of hydrogen-bond acceptors (Lipinski definition) is 2. The Hall–Kier alpha value is -6.38. The van der Waals surface area contributed by atoms with E-state index in [1.807, 2.05) is 0 Å². The minimum Gasteiger partial charge on any atom is -0.455 e. The van der Waals surface area contributed by atoms with Gasteiger partial charge in [-0.05, 0) is 75.5 Å². The van der Waals surface area contributed by atoms with E-state index in [4.69, 9.17) is 35.9 Å². The first kappa shape index (κ1) is 10.6. The normalized spacial score (nSPS) is 20.4. The van der Waals surface area contributed by atoms with Crippen LogP contribution in [0.4, 0.5) is 17.1 Å². The fraction of sp³-hybridized carbons (Fsp3) is 0. The van der Waals surface area contributed by atoms with Crippen LogP contribution in [0.3, 0.4) is 0 Å². The minimum atomic E-state index is -1.27. The highest BCUT2D eigenvalue weighted by atomic mass is 16.3. The quantitative estimate of drug-likeness (QED) is 0.179. The third-order valence-corrected chi connectivity index (χ3v) is 7.06. The Morgan fingerprint density at radius 2 is 0.792 bits per heavy atom. The molecule has 0 radical (unpaired) electrons. The largest absolute Gasteiger partial charge is 0.455 e. The molecule has 9 aromatic rings. The van der Waals surface area contributed by atoms with Gasteiger partial charge >= 0.3 is 0 Å². The molecule has 9 rings (SSSR count). The van der Waals surface area contributed by atoms with Gasteiger partial charge in [0.25, 0.3) is 0 Å². The standard InChI is InChI=1S/C46H31NO/c1-4-13-32(14-5-1)33-23-27-37(28-24-33)47(36-17-8-3-9-18-36)38-29-25-35(26-30-38)39-21-12-22-42-44-31-43(34-15-6-2-7-16-34)40-19-10-11-20-41(40)46(44)48-45(39)42/h1-31H/i1D,2D,3D,4D,5D,6D,7D,8D,9D,10D,11D,12D,13D,14D,15D,16D,17D,18D,19D,20D,21D,22D,23D,24D,25D,26D,27D,28D,29D,30D,31D. The van der Waals surface area contributed by atoms with E-state index in [2.05, 4.69) is 0 Å². The molecular formula is C46H31NO. The maximum absolute atomic E-state index is 9.63. The van der Waals surface area contributed by atoms with Gasteiger partial charge < -0.3 is 9.32 Å². The van der Waals surface area contributed by atoms with E-state index in [1.165, 1.54) is 0 Å². The number of para-hydroxylation sites is 2. The average Bonchev–Trinajstić information content (AvgIpc) is 3.99. The zero-order chi connectivity index (χ0) is 58.8. The Morgan fingerprint density at radius 3 is 1.46 bits per heavy atom. The number of furan rings is 1. The third kappa shape index (κ3) is 4.83. The molecule has 2 nitrogen and oxygen atoms in total. The van der Waals surface area contributed by atoms with Crippen LogP contribution in [0.2, 0.25) is 0 Å². The van der Waals surface area contributed by atoms with Gasteiger partial charge in [-0.25, -0.2) is 0 Å². The summed E-state index contributed by atoms with van der Waals surface area (Å²) in [6.45, 7) is 0. The second-order valence-corrected chi connectivity index (χ2v) is 9.77. The maximum Gasteiger partial charge on any atom is 0.143 e. The molecule has 2 heteroatoms. The molecule has 0 atom stereocenters. The zero-order valence-electron chi connectivity index (χ0n) is 54.9. The van der Waals surface area contributed by atoms with Gasteiger partial charge in [-0.3, -0.25) is 0 Å². The minimum absolute atomic E-state index is 0.324. The molecule has 0 aliphatic heterocycles. The smallest absolute Gasteiger partial charge is 0.143 e. The van der Waals surface area contributed by atoms with Crippen molar-refractivity contribution in [1.82, 2.24) is 0 Å². The lowest BCUT2D eigenvalue weighted by Gasteiger charge is -2.26. The third-order valence-electron chi connectivity index (χ3n) is 7.06. The molecule has 0 N–H and O–H groups in total. The van der Waals surface area contributed by atoms with Crippen LogP contribution in [-0.4, -0.2) is 0 Å². The number of nitrogens with zero attached hydrogens (tertiary/aromatic N) is 1. The second-order valence-electron chi connectivity index (χ2n) is 9.77. The number of rotatable bonds is 6. The van der Waals surface area contributed by atoms with Gasteiger partial charge in [0.15, 0.2) is 0 Å². The summed E-state index contributed by atoms with van der Waals surface area (Å²) in [6.07, 6.45) is 0. The van der Waals surface area contributed by atoms with Crippen LogP contribution in [-0.2, 0) is 0 Å². The van der Waals surface area contributed by atoms with E-state index in [9.17, 15) is 11.0 Å². The van der Waals surface area contributed by atoms with Crippen LogP contribution in [0, 0.1) is 0 Å². The Balaban J connectivity index is 1.45. The lowest BCUT2D eigenvalue weighted by Crippen LogP contribution is -2.09. The second kappa shape index (κ2) is 11.8. The fourth-order valence-corrected chi connectivity index (χ4v) is 4.98. The topological polar surface area (TPSA) is 16.4 Å². The van der Waals surface area contributed by atoms with Crippen molar-refractivity contribution < 1.29 is 46.9 Å². The highest BCUT2D eigenvalue weighted by Crippen LogP contribution is 2.43. The molecule has 0 spiro atoms. The first-order valence-corrected chi connectivity index (χ1v) is 13.8. The number of hydrogen-bond donors (Lipinski definition) is 0. The van der Waals surface area contributed by atoms with Crippen LogP contribution >= 0.6 is 0 Å². The molecule has 0 unspecified atom stereocenters. The Morgan fingerprint density at radius 1 is 0.333 bits per heavy atom. The van der Waals surface area contributed by atoms with E-state index in [0.717, 1.165) is 0 Å². The molecule has 0 bridgehead atoms. The Labute approximate surface area is 323 Å². The predicted molar refractivity (Wildman–Crippen MR) is 202 cm³/mol. The number of fused-ring (bicyclic) bond motifs is 5. The van der Waals surface area contributed by atoms with Crippen LogP contribution in [0.1, 0.15) is 42.5 Å². The highest BCUT2D eigenvalue weighted by Gasteiger charge is 2.18. The molecule has 0 aliphatic carbocycles. The zero-order valence-corrected chi connectivity index (χ0v) is 23.9. The SMILES string of the molecule is [2H]c1c([2H])c([2H])c(-c2c([2H])c([2H])c(N(c3c([2H])c([2H])c([2H])c([2H])c3[2H])c3c([2H])c([2H])c(-c4c([2H])c([2H])c([2H])c5c4oc4c6c([2H])c([2H])c([2H])c([2H])c6c(-c6c([2H])c([2H])c([2H])c([2H])c6[2H])c([2H])c45)c([2H])c3[2H])c([2H])c2[2H])c([2H])c1[2H]. The molecular weight excluding hydrogens is 583 g/mol. The lowest BCUT2D eigenvalue weighted by molar-refractivity contribution is 0.674. The monoisotopic (exact) mass is 644 g/mol. The van der Waals surface area contributed by atoms with E-state index >= 15 is 0 Å². The lowest BCUT2D eigenvalue weighted by atomic mass is 9.95. The Bertz CT molecular complexity index is 4190. The summed E-state index contributed by atoms with van der Waals surface area (Å²) in [4.78, 5) is 0.324. The molecule has 48 heavy (non-hydrogen) atoms. The van der Waals surface area contributed by atoms with Crippen molar-refractivity contribution >= 4 is 49.8 Å². The van der Waals surface area contributed by atoms with E-state index in [1.54, 1.807) is 0 Å². The van der Waals surface area contributed by atoms with Gasteiger partial charge in [-0.15, -0.1) is 0 Å². The molecule has 0 saturated carbocycles. The summed E-state index contributed by atoms with van der Waals surface area (Å²) in [5.74, 6) is 0. The van der Waals surface area contributed by atoms with Crippen molar-refractivity contribution in [3.8, 4) is 33.4 Å². The van der Waals surface area contributed by atoms with Crippen molar-refractivity contribution in [2.75, 3.05) is 4.90 Å². The first-order valence-electron chi connectivity index (χ1n) is 29.3. The summed E-state index contributed by atoms with van der Waals surface area (Å²) >= 11 is 0. The number of anilines is 3. The van der Waals surface area contributed by atoms with E-state index < -0.39 is 270 Å². The molecule has 1 heterocycles. The van der Waals surface area contributed by atoms with Gasteiger partial charge in [-0.1, -0.05) is 145 Å². The molecule has 0 amide bonds. The van der Waals surface area contributed by atoms with Crippen molar-refractivity contribution in [3.05, 3.63) is 187 Å². The van der Waals surface area contributed by atoms with E-state index in [0.29, 0.717) is 4.90 Å². The fourth-order valence-electron chi connectivity index (χ4n) is 4.98. The molecule has 8 aromatic carbocycles. The molecule has 0 fully saturated rings. The van der Waals surface area contributed by atoms with Crippen molar-refractivity contribution in [3.63, 3.8) is 0 Å². The van der Waals surface area contributed by atoms with Crippen molar-refractivity contribution in [1.29, 1.82) is 0 Å². The van der Waals surface area contributed by atoms with Crippen LogP contribution in [0.5, 0.6) is 0 Å². The summed E-state index contributed by atoms with van der Waals surface area (Å²) in [6, 6.07) is -31.8. The van der Waals surface area contributed by atoms with Crippen LogP contribution in [0.15, 0.2) is 192 Å². The molecule has 0 aliphatic rings. The molecule has 1 aromatic heterocycles. The van der Waals surface area contributed by atoms with E-state index in [-0.39, 0.29) is 0 Å². The van der Waals surface area contributed by atoms with Crippen LogP contribution < -0.4 is 4.90 Å².